The molecule has 0 saturated heterocycles. The predicted molar refractivity (Wildman–Crippen MR) is 129 cm³/mol. The van der Waals surface area contributed by atoms with Crippen LogP contribution in [0.5, 0.6) is 0 Å². The third-order valence-corrected chi connectivity index (χ3v) is 5.92. The van der Waals surface area contributed by atoms with Gasteiger partial charge in [0.2, 0.25) is 5.91 Å². The predicted octanol–water partition coefficient (Wildman–Crippen LogP) is 4.70. The minimum atomic E-state index is -0.157. The zero-order valence-corrected chi connectivity index (χ0v) is 18.4. The minimum Gasteiger partial charge on any atom is -0.322 e. The second-order valence-corrected chi connectivity index (χ2v) is 8.21. The number of nitrogens with one attached hydrogen (secondary N) is 1. The number of benzene rings is 3. The number of amides is 2. The summed E-state index contributed by atoms with van der Waals surface area (Å²) >= 11 is 0. The molecule has 0 atom stereocenters. The van der Waals surface area contributed by atoms with E-state index in [1.165, 1.54) is 5.56 Å². The zero-order chi connectivity index (χ0) is 22.8. The first-order chi connectivity index (χ1) is 16.1. The monoisotopic (exact) mass is 436 g/mol. The van der Waals surface area contributed by atoms with Crippen LogP contribution in [0.3, 0.4) is 0 Å². The van der Waals surface area contributed by atoms with Crippen LogP contribution in [0.2, 0.25) is 0 Å². The topological polar surface area (TPSA) is 67.2 Å². The van der Waals surface area contributed by atoms with Crippen molar-refractivity contribution in [3.05, 3.63) is 102 Å². The van der Waals surface area contributed by atoms with Gasteiger partial charge < -0.3 is 10.2 Å². The maximum absolute atomic E-state index is 13.1. The van der Waals surface area contributed by atoms with Gasteiger partial charge in [-0.15, -0.1) is 0 Å². The average Bonchev–Trinajstić information content (AvgIpc) is 3.49. The lowest BCUT2D eigenvalue weighted by molar-refractivity contribution is -0.119. The number of carbonyl (C=O) groups excluding carboxylic acids is 2. The molecule has 1 aromatic heterocycles. The molecule has 5 rings (SSSR count). The molecule has 6 nitrogen and oxygen atoms in total. The van der Waals surface area contributed by atoms with E-state index in [1.54, 1.807) is 28.0 Å². The molecule has 0 spiro atoms. The highest BCUT2D eigenvalue weighted by Gasteiger charge is 2.25. The van der Waals surface area contributed by atoms with E-state index in [-0.39, 0.29) is 18.4 Å². The van der Waals surface area contributed by atoms with Crippen LogP contribution >= 0.6 is 0 Å². The summed E-state index contributed by atoms with van der Waals surface area (Å²) < 4.78 is 1.63. The van der Waals surface area contributed by atoms with E-state index >= 15 is 0 Å². The van der Waals surface area contributed by atoms with Crippen molar-refractivity contribution in [2.45, 2.75) is 19.9 Å². The van der Waals surface area contributed by atoms with Crippen molar-refractivity contribution >= 4 is 23.2 Å². The molecule has 4 aromatic rings. The highest BCUT2D eigenvalue weighted by Crippen LogP contribution is 2.31. The Balaban J connectivity index is 1.34. The van der Waals surface area contributed by atoms with Crippen LogP contribution in [0.1, 0.15) is 21.5 Å². The normalized spacial score (nSPS) is 12.5. The third kappa shape index (κ3) is 4.28. The number of rotatable bonds is 5. The maximum Gasteiger partial charge on any atom is 0.256 e. The summed E-state index contributed by atoms with van der Waals surface area (Å²) in [5, 5.41) is 7.15. The van der Waals surface area contributed by atoms with E-state index in [1.807, 2.05) is 73.7 Å². The number of hydrogen-bond donors (Lipinski definition) is 1. The number of aromatic nitrogens is 2. The van der Waals surface area contributed by atoms with Crippen LogP contribution in [-0.4, -0.2) is 28.1 Å². The smallest absolute Gasteiger partial charge is 0.256 e. The van der Waals surface area contributed by atoms with Gasteiger partial charge in [0, 0.05) is 35.9 Å². The van der Waals surface area contributed by atoms with Gasteiger partial charge in [0.25, 0.3) is 5.91 Å². The van der Waals surface area contributed by atoms with Gasteiger partial charge >= 0.3 is 0 Å². The number of hydrogen-bond acceptors (Lipinski definition) is 3. The Morgan fingerprint density at radius 3 is 2.61 bits per heavy atom. The van der Waals surface area contributed by atoms with Crippen molar-refractivity contribution in [1.82, 2.24) is 9.78 Å². The Hall–Kier alpha value is -4.19. The highest BCUT2D eigenvalue weighted by molar-refractivity contribution is 6.09. The number of carbonyl (C=O) groups is 2. The lowest BCUT2D eigenvalue weighted by Gasteiger charge is -2.18. The zero-order valence-electron chi connectivity index (χ0n) is 18.4. The van der Waals surface area contributed by atoms with Crippen molar-refractivity contribution in [1.29, 1.82) is 0 Å². The number of nitrogens with zero attached hydrogens (tertiary/aromatic N) is 3. The first-order valence-corrected chi connectivity index (χ1v) is 11.0. The quantitative estimate of drug-likeness (QED) is 0.493. The largest absolute Gasteiger partial charge is 0.322 e. The fraction of sp³-hybridized carbons (Fsp3) is 0.148. The maximum atomic E-state index is 13.1. The molecule has 0 fully saturated rings. The molecule has 33 heavy (non-hydrogen) atoms. The van der Waals surface area contributed by atoms with Crippen molar-refractivity contribution in [3.63, 3.8) is 0 Å². The molecule has 6 heteroatoms. The Kier molecular flexibility index (Phi) is 5.48. The van der Waals surface area contributed by atoms with Gasteiger partial charge in [-0.25, -0.2) is 0 Å². The molecule has 0 radical (unpaired) electrons. The Morgan fingerprint density at radius 2 is 1.82 bits per heavy atom. The molecule has 0 saturated carbocycles. The molecule has 1 N–H and O–H groups in total. The SMILES string of the molecule is Cc1ccc(-c2ccccc2C(=O)Nc2ccc3c(c2)CCN3C(=O)Cn2cccn2)cc1. The fourth-order valence-corrected chi connectivity index (χ4v) is 4.22. The fourth-order valence-electron chi connectivity index (χ4n) is 4.22. The molecule has 3 aromatic carbocycles. The van der Waals surface area contributed by atoms with Gasteiger partial charge in [0.15, 0.2) is 0 Å². The number of fused-ring (bicyclic) bond motifs is 1. The second-order valence-electron chi connectivity index (χ2n) is 8.21. The highest BCUT2D eigenvalue weighted by atomic mass is 16.2. The summed E-state index contributed by atoms with van der Waals surface area (Å²) in [5.41, 5.74) is 6.37. The van der Waals surface area contributed by atoms with E-state index in [0.29, 0.717) is 12.1 Å². The molecular formula is C27H24N4O2. The van der Waals surface area contributed by atoms with Gasteiger partial charge in [-0.2, -0.15) is 5.10 Å². The number of aryl methyl sites for hydroxylation is 1. The summed E-state index contributed by atoms with van der Waals surface area (Å²) in [4.78, 5) is 27.6. The molecule has 1 aliphatic rings. The van der Waals surface area contributed by atoms with Crippen LogP contribution < -0.4 is 10.2 Å². The van der Waals surface area contributed by atoms with Crippen LogP contribution in [0.15, 0.2) is 85.2 Å². The average molecular weight is 437 g/mol. The van der Waals surface area contributed by atoms with Crippen LogP contribution in [-0.2, 0) is 17.8 Å². The summed E-state index contributed by atoms with van der Waals surface area (Å²) in [5.74, 6) is -0.156. The molecule has 2 amide bonds. The van der Waals surface area contributed by atoms with Gasteiger partial charge in [-0.1, -0.05) is 48.0 Å². The first-order valence-electron chi connectivity index (χ1n) is 11.0. The van der Waals surface area contributed by atoms with E-state index < -0.39 is 0 Å². The number of anilines is 2. The van der Waals surface area contributed by atoms with Crippen LogP contribution in [0.4, 0.5) is 11.4 Å². The summed E-state index contributed by atoms with van der Waals surface area (Å²) in [6, 6.07) is 23.3. The summed E-state index contributed by atoms with van der Waals surface area (Å²) in [6.45, 7) is 2.88. The molecule has 1 aliphatic heterocycles. The van der Waals surface area contributed by atoms with Gasteiger partial charge in [0.05, 0.1) is 0 Å². The van der Waals surface area contributed by atoms with Crippen LogP contribution in [0.25, 0.3) is 11.1 Å². The Bertz CT molecular complexity index is 1310. The Labute approximate surface area is 192 Å². The molecule has 0 bridgehead atoms. The summed E-state index contributed by atoms with van der Waals surface area (Å²) in [6.07, 6.45) is 4.20. The molecular weight excluding hydrogens is 412 g/mol. The van der Waals surface area contributed by atoms with Crippen molar-refractivity contribution in [2.24, 2.45) is 0 Å². The standard InChI is InChI=1S/C27H24N4O2/c1-19-7-9-20(10-8-19)23-5-2-3-6-24(23)27(33)29-22-11-12-25-21(17-22)13-16-31(25)26(32)18-30-15-4-14-28-30/h2-12,14-15,17H,13,16,18H2,1H3,(H,29,33). The van der Waals surface area contributed by atoms with Crippen molar-refractivity contribution in [2.75, 3.05) is 16.8 Å². The lowest BCUT2D eigenvalue weighted by atomic mass is 9.98. The van der Waals surface area contributed by atoms with Gasteiger partial charge in [-0.3, -0.25) is 14.3 Å². The van der Waals surface area contributed by atoms with Crippen molar-refractivity contribution in [3.8, 4) is 11.1 Å². The first kappa shape index (κ1) is 20.7. The molecule has 164 valence electrons. The molecule has 0 aliphatic carbocycles. The minimum absolute atomic E-state index is 0.00117. The molecule has 0 unspecified atom stereocenters. The van der Waals surface area contributed by atoms with E-state index in [4.69, 9.17) is 0 Å². The van der Waals surface area contributed by atoms with Gasteiger partial charge in [-0.05, 0) is 60.4 Å². The van der Waals surface area contributed by atoms with E-state index in [0.717, 1.165) is 34.5 Å². The van der Waals surface area contributed by atoms with E-state index in [9.17, 15) is 9.59 Å². The Morgan fingerprint density at radius 1 is 1.00 bits per heavy atom. The lowest BCUT2D eigenvalue weighted by Crippen LogP contribution is -2.32. The third-order valence-electron chi connectivity index (χ3n) is 5.92. The van der Waals surface area contributed by atoms with Crippen LogP contribution in [0, 0.1) is 6.92 Å². The van der Waals surface area contributed by atoms with Crippen molar-refractivity contribution < 1.29 is 9.59 Å². The second kappa shape index (κ2) is 8.74. The molecule has 2 heterocycles. The van der Waals surface area contributed by atoms with Gasteiger partial charge in [0.1, 0.15) is 6.54 Å². The summed E-state index contributed by atoms with van der Waals surface area (Å²) in [7, 11) is 0. The van der Waals surface area contributed by atoms with E-state index in [2.05, 4.69) is 10.4 Å².